The van der Waals surface area contributed by atoms with E-state index in [0.717, 1.165) is 0 Å². The molecular weight excluding hydrogens is 301 g/mol. The van der Waals surface area contributed by atoms with Gasteiger partial charge in [0.25, 0.3) is 0 Å². The van der Waals surface area contributed by atoms with Gasteiger partial charge in [-0.15, -0.1) is 0 Å². The molecule has 0 aromatic rings. The highest BCUT2D eigenvalue weighted by Crippen LogP contribution is 2.38. The highest BCUT2D eigenvalue weighted by atomic mass is 19.4. The van der Waals surface area contributed by atoms with E-state index in [2.05, 4.69) is 0 Å². The number of amides is 2. The molecule has 0 spiro atoms. The normalized spacial score (nSPS) is 18.2. The third-order valence-corrected chi connectivity index (χ3v) is 4.14. The smallest absolute Gasteiger partial charge is 0.380 e. The van der Waals surface area contributed by atoms with E-state index in [-0.39, 0.29) is 37.7 Å². The van der Waals surface area contributed by atoms with Crippen LogP contribution in [0.4, 0.5) is 13.2 Å². The van der Waals surface area contributed by atoms with E-state index in [1.54, 1.807) is 4.90 Å². The van der Waals surface area contributed by atoms with Crippen molar-refractivity contribution in [2.45, 2.75) is 51.3 Å². The van der Waals surface area contributed by atoms with Crippen LogP contribution in [0.2, 0.25) is 0 Å². The lowest BCUT2D eigenvalue weighted by molar-refractivity contribution is -0.272. The Hall–Kier alpha value is -1.31. The van der Waals surface area contributed by atoms with E-state index in [1.807, 2.05) is 13.8 Å². The predicted molar refractivity (Wildman–Crippen MR) is 74.0 cm³/mol. The van der Waals surface area contributed by atoms with Crippen LogP contribution in [0, 0.1) is 0 Å². The SMILES string of the molecule is CCN(CC)C(=O)CCC(=O)N1CCC(O)(C(F)(F)F)CC1. The van der Waals surface area contributed by atoms with E-state index in [9.17, 15) is 27.9 Å². The zero-order valence-corrected chi connectivity index (χ0v) is 12.9. The first-order valence-corrected chi connectivity index (χ1v) is 7.49. The average molecular weight is 324 g/mol. The summed E-state index contributed by atoms with van der Waals surface area (Å²) in [6.45, 7) is 4.51. The van der Waals surface area contributed by atoms with Crippen LogP contribution in [0.5, 0.6) is 0 Å². The van der Waals surface area contributed by atoms with Crippen molar-refractivity contribution in [2.75, 3.05) is 26.2 Å². The number of hydrogen-bond acceptors (Lipinski definition) is 3. The monoisotopic (exact) mass is 324 g/mol. The van der Waals surface area contributed by atoms with E-state index in [4.69, 9.17) is 0 Å². The quantitative estimate of drug-likeness (QED) is 0.835. The van der Waals surface area contributed by atoms with Crippen molar-refractivity contribution < 1.29 is 27.9 Å². The fourth-order valence-corrected chi connectivity index (χ4v) is 2.52. The second-order valence-corrected chi connectivity index (χ2v) is 5.48. The largest absolute Gasteiger partial charge is 0.417 e. The Bertz CT molecular complexity index is 401. The van der Waals surface area contributed by atoms with E-state index < -0.39 is 24.6 Å². The second kappa shape index (κ2) is 7.30. The van der Waals surface area contributed by atoms with Gasteiger partial charge >= 0.3 is 6.18 Å². The van der Waals surface area contributed by atoms with Gasteiger partial charge in [0.1, 0.15) is 0 Å². The molecule has 2 amide bonds. The minimum Gasteiger partial charge on any atom is -0.380 e. The van der Waals surface area contributed by atoms with Crippen LogP contribution in [-0.4, -0.2) is 64.7 Å². The molecule has 0 radical (unpaired) electrons. The summed E-state index contributed by atoms with van der Waals surface area (Å²) in [4.78, 5) is 26.6. The van der Waals surface area contributed by atoms with E-state index in [0.29, 0.717) is 13.1 Å². The van der Waals surface area contributed by atoms with E-state index in [1.165, 1.54) is 4.90 Å². The number of hydrogen-bond donors (Lipinski definition) is 1. The van der Waals surface area contributed by atoms with Gasteiger partial charge in [0.2, 0.25) is 11.8 Å². The van der Waals surface area contributed by atoms with Crippen LogP contribution in [-0.2, 0) is 9.59 Å². The molecule has 128 valence electrons. The van der Waals surface area contributed by atoms with Crippen LogP contribution >= 0.6 is 0 Å². The number of halogens is 3. The number of aliphatic hydroxyl groups is 1. The van der Waals surface area contributed by atoms with Crippen molar-refractivity contribution >= 4 is 11.8 Å². The lowest BCUT2D eigenvalue weighted by atomic mass is 9.90. The van der Waals surface area contributed by atoms with Crippen LogP contribution in [0.3, 0.4) is 0 Å². The zero-order valence-electron chi connectivity index (χ0n) is 12.9. The second-order valence-electron chi connectivity index (χ2n) is 5.48. The molecule has 0 aromatic carbocycles. The van der Waals surface area contributed by atoms with Gasteiger partial charge < -0.3 is 14.9 Å². The van der Waals surface area contributed by atoms with Crippen molar-refractivity contribution in [1.82, 2.24) is 9.80 Å². The van der Waals surface area contributed by atoms with Gasteiger partial charge in [-0.3, -0.25) is 9.59 Å². The Morgan fingerprint density at radius 1 is 1.14 bits per heavy atom. The van der Waals surface area contributed by atoms with Crippen molar-refractivity contribution in [3.05, 3.63) is 0 Å². The molecule has 1 rings (SSSR count). The van der Waals surface area contributed by atoms with E-state index >= 15 is 0 Å². The first kappa shape index (κ1) is 18.7. The van der Waals surface area contributed by atoms with Gasteiger partial charge in [-0.25, -0.2) is 0 Å². The summed E-state index contributed by atoms with van der Waals surface area (Å²) < 4.78 is 38.0. The summed E-state index contributed by atoms with van der Waals surface area (Å²) >= 11 is 0. The fourth-order valence-electron chi connectivity index (χ4n) is 2.52. The van der Waals surface area contributed by atoms with Gasteiger partial charge in [-0.05, 0) is 13.8 Å². The summed E-state index contributed by atoms with van der Waals surface area (Å²) in [6, 6.07) is 0. The Balaban J connectivity index is 2.45. The summed E-state index contributed by atoms with van der Waals surface area (Å²) in [7, 11) is 0. The topological polar surface area (TPSA) is 60.9 Å². The van der Waals surface area contributed by atoms with Crippen LogP contribution in [0.15, 0.2) is 0 Å². The Morgan fingerprint density at radius 3 is 2.05 bits per heavy atom. The summed E-state index contributed by atoms with van der Waals surface area (Å²) in [5, 5.41) is 9.54. The molecule has 22 heavy (non-hydrogen) atoms. The molecule has 0 unspecified atom stereocenters. The minimum absolute atomic E-state index is 0.0141. The number of piperidine rings is 1. The van der Waals surface area contributed by atoms with Gasteiger partial charge in [-0.1, -0.05) is 0 Å². The highest BCUT2D eigenvalue weighted by Gasteiger charge is 2.54. The molecular formula is C14H23F3N2O3. The maximum atomic E-state index is 12.7. The van der Waals surface area contributed by atoms with Gasteiger partial charge in [0.15, 0.2) is 5.60 Å². The molecule has 0 aliphatic carbocycles. The average Bonchev–Trinajstić information content (AvgIpc) is 2.45. The molecule has 0 saturated carbocycles. The number of likely N-dealkylation sites (tertiary alicyclic amines) is 1. The molecule has 0 aromatic heterocycles. The first-order chi connectivity index (χ1) is 10.1. The molecule has 0 atom stereocenters. The standard InChI is InChI=1S/C14H23F3N2O3/c1-3-18(4-2)11(20)5-6-12(21)19-9-7-13(22,8-10-19)14(15,16)17/h22H,3-10H2,1-2H3. The molecule has 0 bridgehead atoms. The highest BCUT2D eigenvalue weighted by molar-refractivity contribution is 5.83. The zero-order chi connectivity index (χ0) is 17.0. The molecule has 1 aliphatic rings. The Labute approximate surface area is 128 Å². The third kappa shape index (κ3) is 4.34. The minimum atomic E-state index is -4.68. The molecule has 1 aliphatic heterocycles. The Kier molecular flexibility index (Phi) is 6.22. The Morgan fingerprint density at radius 2 is 1.64 bits per heavy atom. The number of rotatable bonds is 5. The molecule has 1 fully saturated rings. The van der Waals surface area contributed by atoms with Crippen LogP contribution < -0.4 is 0 Å². The summed E-state index contributed by atoms with van der Waals surface area (Å²) in [6.07, 6.45) is -5.68. The van der Waals surface area contributed by atoms with Gasteiger partial charge in [-0.2, -0.15) is 13.2 Å². The maximum absolute atomic E-state index is 12.7. The van der Waals surface area contributed by atoms with Crippen molar-refractivity contribution in [2.24, 2.45) is 0 Å². The number of nitrogens with zero attached hydrogens (tertiary/aromatic N) is 2. The molecule has 8 heteroatoms. The molecule has 1 heterocycles. The number of carbonyl (C=O) groups excluding carboxylic acids is 2. The summed E-state index contributed by atoms with van der Waals surface area (Å²) in [5.41, 5.74) is -2.71. The molecule has 1 N–H and O–H groups in total. The van der Waals surface area contributed by atoms with Gasteiger partial charge in [0, 0.05) is 51.9 Å². The molecule has 5 nitrogen and oxygen atoms in total. The number of alkyl halides is 3. The fraction of sp³-hybridized carbons (Fsp3) is 0.857. The third-order valence-electron chi connectivity index (χ3n) is 4.14. The van der Waals surface area contributed by atoms with Crippen LogP contribution in [0.25, 0.3) is 0 Å². The predicted octanol–water partition coefficient (Wildman–Crippen LogP) is 1.55. The lowest BCUT2D eigenvalue weighted by Crippen LogP contribution is -2.54. The van der Waals surface area contributed by atoms with Gasteiger partial charge in [0.05, 0.1) is 0 Å². The van der Waals surface area contributed by atoms with Crippen molar-refractivity contribution in [3.63, 3.8) is 0 Å². The summed E-state index contributed by atoms with van der Waals surface area (Å²) in [5.74, 6) is -0.480. The first-order valence-electron chi connectivity index (χ1n) is 7.49. The van der Waals surface area contributed by atoms with Crippen molar-refractivity contribution in [1.29, 1.82) is 0 Å². The van der Waals surface area contributed by atoms with Crippen LogP contribution in [0.1, 0.15) is 39.5 Å². The number of carbonyl (C=O) groups is 2. The lowest BCUT2D eigenvalue weighted by Gasteiger charge is -2.39. The maximum Gasteiger partial charge on any atom is 0.417 e. The molecule has 1 saturated heterocycles. The van der Waals surface area contributed by atoms with Crippen molar-refractivity contribution in [3.8, 4) is 0 Å².